The molecule has 2 aromatic heterocycles. The van der Waals surface area contributed by atoms with Crippen molar-refractivity contribution in [2.24, 2.45) is 0 Å². The zero-order valence-electron chi connectivity index (χ0n) is 17.1. The van der Waals surface area contributed by atoms with Crippen molar-refractivity contribution in [2.45, 2.75) is 18.8 Å². The Morgan fingerprint density at radius 3 is 2.50 bits per heavy atom. The fourth-order valence-electron chi connectivity index (χ4n) is 4.39. The predicted octanol–water partition coefficient (Wildman–Crippen LogP) is 0.662. The Labute approximate surface area is 176 Å². The molecule has 8 heteroatoms. The molecular weight excluding hydrogens is 382 g/mol. The highest BCUT2D eigenvalue weighted by Gasteiger charge is 2.32. The Hall–Kier alpha value is -2.55. The zero-order valence-corrected chi connectivity index (χ0v) is 17.1. The highest BCUT2D eigenvalue weighted by molar-refractivity contribution is 6.22. The number of nitrogens with one attached hydrogen (secondary N) is 2. The molecule has 1 aliphatic heterocycles. The fraction of sp³-hybridized carbons (Fsp3) is 0.500. The SMILES string of the molecule is O=C1CC(c2ccnc3[nH]ccc23)CC(=O)C1=CNCCN1CCN(CCO)CC1. The van der Waals surface area contributed by atoms with Gasteiger partial charge in [0.15, 0.2) is 11.6 Å². The van der Waals surface area contributed by atoms with Crippen LogP contribution in [0.5, 0.6) is 0 Å². The van der Waals surface area contributed by atoms with Gasteiger partial charge in [0.2, 0.25) is 0 Å². The average Bonchev–Trinajstić information content (AvgIpc) is 3.23. The number of aromatic amines is 1. The van der Waals surface area contributed by atoms with E-state index >= 15 is 0 Å². The van der Waals surface area contributed by atoms with E-state index in [4.69, 9.17) is 5.11 Å². The van der Waals surface area contributed by atoms with Crippen molar-refractivity contribution in [1.29, 1.82) is 0 Å². The minimum Gasteiger partial charge on any atom is -0.395 e. The van der Waals surface area contributed by atoms with E-state index in [1.54, 1.807) is 12.4 Å². The van der Waals surface area contributed by atoms with E-state index in [2.05, 4.69) is 25.1 Å². The molecule has 3 heterocycles. The van der Waals surface area contributed by atoms with Gasteiger partial charge in [0.25, 0.3) is 0 Å². The number of carbonyl (C=O) groups excluding carboxylic acids is 2. The van der Waals surface area contributed by atoms with E-state index in [-0.39, 0.29) is 24.1 Å². The summed E-state index contributed by atoms with van der Waals surface area (Å²) in [6.07, 6.45) is 5.85. The standard InChI is InChI=1S/C22H29N5O3/c28-12-11-27-9-7-26(8-10-27)6-5-23-15-19-20(29)13-16(14-21(19)30)17-1-3-24-22-18(17)2-4-25-22/h1-4,15-16,23,28H,5-14H2,(H,24,25). The molecule has 2 fully saturated rings. The van der Waals surface area contributed by atoms with Gasteiger partial charge in [-0.05, 0) is 23.6 Å². The van der Waals surface area contributed by atoms with E-state index in [1.807, 2.05) is 18.3 Å². The van der Waals surface area contributed by atoms with Crippen LogP contribution in [0.1, 0.15) is 24.3 Å². The number of nitrogens with zero attached hydrogens (tertiary/aromatic N) is 3. The van der Waals surface area contributed by atoms with Crippen LogP contribution >= 0.6 is 0 Å². The molecule has 0 aromatic carbocycles. The highest BCUT2D eigenvalue weighted by atomic mass is 16.3. The molecule has 160 valence electrons. The van der Waals surface area contributed by atoms with Crippen LogP contribution in [0.2, 0.25) is 0 Å². The molecule has 1 saturated carbocycles. The van der Waals surface area contributed by atoms with Crippen molar-refractivity contribution in [2.75, 3.05) is 52.4 Å². The van der Waals surface area contributed by atoms with Crippen LogP contribution in [-0.2, 0) is 9.59 Å². The molecule has 0 atom stereocenters. The van der Waals surface area contributed by atoms with Gasteiger partial charge in [0.05, 0.1) is 12.2 Å². The Morgan fingerprint density at radius 2 is 1.80 bits per heavy atom. The van der Waals surface area contributed by atoms with Gasteiger partial charge in [-0.3, -0.25) is 19.4 Å². The van der Waals surface area contributed by atoms with E-state index in [0.29, 0.717) is 25.0 Å². The Balaban J connectivity index is 1.29. The molecule has 1 saturated heterocycles. The van der Waals surface area contributed by atoms with Crippen LogP contribution in [0.25, 0.3) is 11.0 Å². The Bertz CT molecular complexity index is 910. The van der Waals surface area contributed by atoms with E-state index in [0.717, 1.165) is 55.9 Å². The number of aliphatic hydroxyl groups excluding tert-OH is 1. The number of hydrogen-bond acceptors (Lipinski definition) is 7. The molecule has 0 spiro atoms. The number of Topliss-reactive ketones (excluding diaryl/α,β-unsaturated/α-hetero) is 2. The summed E-state index contributed by atoms with van der Waals surface area (Å²) in [6, 6.07) is 3.86. The second-order valence-electron chi connectivity index (χ2n) is 8.01. The van der Waals surface area contributed by atoms with Crippen LogP contribution < -0.4 is 5.32 Å². The number of aliphatic hydroxyl groups is 1. The second-order valence-corrected chi connectivity index (χ2v) is 8.01. The van der Waals surface area contributed by atoms with Crippen LogP contribution in [0.15, 0.2) is 36.3 Å². The molecule has 2 aliphatic rings. The third-order valence-corrected chi connectivity index (χ3v) is 6.10. The molecule has 8 nitrogen and oxygen atoms in total. The molecule has 2 aromatic rings. The zero-order chi connectivity index (χ0) is 20.9. The smallest absolute Gasteiger partial charge is 0.168 e. The van der Waals surface area contributed by atoms with Crippen LogP contribution in [0, 0.1) is 0 Å². The minimum absolute atomic E-state index is 0.0955. The molecule has 0 bridgehead atoms. The summed E-state index contributed by atoms with van der Waals surface area (Å²) in [5.41, 5.74) is 2.08. The maximum Gasteiger partial charge on any atom is 0.168 e. The van der Waals surface area contributed by atoms with Crippen LogP contribution in [0.4, 0.5) is 0 Å². The average molecular weight is 412 g/mol. The number of piperazine rings is 1. The van der Waals surface area contributed by atoms with E-state index in [9.17, 15) is 9.59 Å². The van der Waals surface area contributed by atoms with Crippen molar-refractivity contribution < 1.29 is 14.7 Å². The Morgan fingerprint density at radius 1 is 1.10 bits per heavy atom. The van der Waals surface area contributed by atoms with Crippen LogP contribution in [0.3, 0.4) is 0 Å². The minimum atomic E-state index is -0.0985. The van der Waals surface area contributed by atoms with E-state index in [1.165, 1.54) is 0 Å². The number of hydrogen-bond donors (Lipinski definition) is 3. The van der Waals surface area contributed by atoms with Crippen molar-refractivity contribution in [3.05, 3.63) is 41.9 Å². The largest absolute Gasteiger partial charge is 0.395 e. The van der Waals surface area contributed by atoms with Gasteiger partial charge in [-0.25, -0.2) is 4.98 Å². The van der Waals surface area contributed by atoms with Gasteiger partial charge < -0.3 is 15.4 Å². The van der Waals surface area contributed by atoms with Gasteiger partial charge in [-0.15, -0.1) is 0 Å². The lowest BCUT2D eigenvalue weighted by atomic mass is 9.79. The molecule has 30 heavy (non-hydrogen) atoms. The van der Waals surface area contributed by atoms with Gasteiger partial charge >= 0.3 is 0 Å². The number of ketones is 2. The number of fused-ring (bicyclic) bond motifs is 1. The van der Waals surface area contributed by atoms with Crippen molar-refractivity contribution in [1.82, 2.24) is 25.1 Å². The molecule has 0 amide bonds. The monoisotopic (exact) mass is 411 g/mol. The summed E-state index contributed by atoms with van der Waals surface area (Å²) in [7, 11) is 0. The fourth-order valence-corrected chi connectivity index (χ4v) is 4.39. The number of aromatic nitrogens is 2. The van der Waals surface area contributed by atoms with Crippen molar-refractivity contribution >= 4 is 22.6 Å². The first-order valence-electron chi connectivity index (χ1n) is 10.6. The lowest BCUT2D eigenvalue weighted by Crippen LogP contribution is -2.48. The van der Waals surface area contributed by atoms with Gasteiger partial charge in [0, 0.05) is 82.6 Å². The summed E-state index contributed by atoms with van der Waals surface area (Å²) >= 11 is 0. The summed E-state index contributed by atoms with van der Waals surface area (Å²) in [6.45, 7) is 6.36. The number of allylic oxidation sites excluding steroid dienone is 1. The maximum atomic E-state index is 12.7. The molecule has 1 aliphatic carbocycles. The van der Waals surface area contributed by atoms with Gasteiger partial charge in [-0.1, -0.05) is 0 Å². The predicted molar refractivity (Wildman–Crippen MR) is 114 cm³/mol. The summed E-state index contributed by atoms with van der Waals surface area (Å²) in [5, 5.41) is 13.2. The normalized spacial score (nSPS) is 21.4. The number of carbonyl (C=O) groups is 2. The first kappa shape index (κ1) is 20.7. The van der Waals surface area contributed by atoms with Gasteiger partial charge in [0.1, 0.15) is 5.65 Å². The third kappa shape index (κ3) is 4.61. The maximum absolute atomic E-state index is 12.7. The van der Waals surface area contributed by atoms with E-state index < -0.39 is 0 Å². The van der Waals surface area contributed by atoms with Crippen molar-refractivity contribution in [3.63, 3.8) is 0 Å². The van der Waals surface area contributed by atoms with Gasteiger partial charge in [-0.2, -0.15) is 0 Å². The second kappa shape index (κ2) is 9.51. The number of rotatable bonds is 7. The molecular formula is C22H29N5O3. The Kier molecular flexibility index (Phi) is 6.56. The quantitative estimate of drug-likeness (QED) is 0.350. The van der Waals surface area contributed by atoms with Crippen molar-refractivity contribution in [3.8, 4) is 0 Å². The summed E-state index contributed by atoms with van der Waals surface area (Å²) in [4.78, 5) is 37.3. The molecule has 0 radical (unpaired) electrons. The number of β-amino-alcohol motifs (C(OH)–C–C–N with tert-alkyl or cyclic N) is 1. The topological polar surface area (TPSA) is 102 Å². The lowest BCUT2D eigenvalue weighted by Gasteiger charge is -2.34. The molecule has 3 N–H and O–H groups in total. The third-order valence-electron chi connectivity index (χ3n) is 6.10. The number of H-pyrrole nitrogens is 1. The highest BCUT2D eigenvalue weighted by Crippen LogP contribution is 2.34. The first-order valence-corrected chi connectivity index (χ1v) is 10.6. The lowest BCUT2D eigenvalue weighted by molar-refractivity contribution is -0.124. The summed E-state index contributed by atoms with van der Waals surface area (Å²) in [5.74, 6) is -0.289. The molecule has 4 rings (SSSR count). The van der Waals surface area contributed by atoms with Crippen LogP contribution in [-0.4, -0.2) is 88.9 Å². The number of pyridine rings is 1. The summed E-state index contributed by atoms with van der Waals surface area (Å²) < 4.78 is 0. The molecule has 0 unspecified atom stereocenters. The first-order chi connectivity index (χ1) is 14.7.